The van der Waals surface area contributed by atoms with E-state index in [9.17, 15) is 0 Å². The zero-order valence-electron chi connectivity index (χ0n) is 4.96. The molecule has 1 aliphatic rings. The van der Waals surface area contributed by atoms with Crippen molar-refractivity contribution in [3.8, 4) is 0 Å². The van der Waals surface area contributed by atoms with Gasteiger partial charge in [0.05, 0.1) is 6.54 Å². The zero-order valence-corrected chi connectivity index (χ0v) is 4.96. The van der Waals surface area contributed by atoms with Crippen LogP contribution in [0.5, 0.6) is 0 Å². The van der Waals surface area contributed by atoms with E-state index >= 15 is 0 Å². The van der Waals surface area contributed by atoms with E-state index in [1.807, 2.05) is 13.0 Å². The monoisotopic (exact) mass is 110 g/mol. The summed E-state index contributed by atoms with van der Waals surface area (Å²) >= 11 is 0. The minimum Gasteiger partial charge on any atom is -0.324 e. The predicted octanol–water partition coefficient (Wildman–Crippen LogP) is 0.344. The summed E-state index contributed by atoms with van der Waals surface area (Å²) in [5.74, 6) is 0. The van der Waals surface area contributed by atoms with Gasteiger partial charge in [-0.15, -0.1) is 0 Å². The molecule has 0 fully saturated rings. The van der Waals surface area contributed by atoms with Crippen molar-refractivity contribution >= 4 is 6.21 Å². The number of allylic oxidation sites excluding steroid dienone is 1. The second-order valence-electron chi connectivity index (χ2n) is 2.02. The number of hydrogen-bond acceptors (Lipinski definition) is 2. The Kier molecular flexibility index (Phi) is 1.44. The van der Waals surface area contributed by atoms with Crippen LogP contribution in [0.3, 0.4) is 0 Å². The van der Waals surface area contributed by atoms with E-state index in [4.69, 9.17) is 5.73 Å². The summed E-state index contributed by atoms with van der Waals surface area (Å²) < 4.78 is 0. The number of nitrogens with two attached hydrogens (primary N) is 1. The molecule has 1 atom stereocenters. The number of hydrogen-bond donors (Lipinski definition) is 1. The number of nitrogens with zero attached hydrogens (tertiary/aromatic N) is 1. The van der Waals surface area contributed by atoms with Crippen LogP contribution in [0.25, 0.3) is 0 Å². The third-order valence-electron chi connectivity index (χ3n) is 1.25. The van der Waals surface area contributed by atoms with Crippen LogP contribution in [0.2, 0.25) is 0 Å². The molecular formula is C6H10N2. The average Bonchev–Trinajstić information content (AvgIpc) is 2.12. The van der Waals surface area contributed by atoms with Gasteiger partial charge in [-0.05, 0) is 18.6 Å². The van der Waals surface area contributed by atoms with E-state index in [1.165, 1.54) is 5.57 Å². The molecule has 2 N–H and O–H groups in total. The van der Waals surface area contributed by atoms with E-state index in [-0.39, 0.29) is 6.04 Å². The summed E-state index contributed by atoms with van der Waals surface area (Å²) in [6.07, 6.45) is 3.78. The standard InChI is InChI=1S/C6H10N2/c1-5(7)6-2-3-8-4-6/h2-3,5H,4,7H2,1H3. The normalized spacial score (nSPS) is 21.0. The summed E-state index contributed by atoms with van der Waals surface area (Å²) in [5.41, 5.74) is 6.78. The van der Waals surface area contributed by atoms with Crippen molar-refractivity contribution in [2.75, 3.05) is 6.54 Å². The van der Waals surface area contributed by atoms with E-state index < -0.39 is 0 Å². The minimum absolute atomic E-state index is 0.178. The number of rotatable bonds is 1. The van der Waals surface area contributed by atoms with Gasteiger partial charge in [-0.2, -0.15) is 0 Å². The Labute approximate surface area is 49.1 Å². The van der Waals surface area contributed by atoms with Crippen LogP contribution in [-0.2, 0) is 0 Å². The summed E-state index contributed by atoms with van der Waals surface area (Å²) in [5, 5.41) is 0. The SMILES string of the molecule is CC(N)C1=CC=NC1. The Balaban J connectivity index is 2.51. The second-order valence-corrected chi connectivity index (χ2v) is 2.02. The van der Waals surface area contributed by atoms with Crippen molar-refractivity contribution in [3.05, 3.63) is 11.6 Å². The molecule has 0 aromatic rings. The van der Waals surface area contributed by atoms with E-state index in [0.717, 1.165) is 6.54 Å². The fraction of sp³-hybridized carbons (Fsp3) is 0.500. The topological polar surface area (TPSA) is 38.4 Å². The van der Waals surface area contributed by atoms with Gasteiger partial charge < -0.3 is 5.73 Å². The maximum Gasteiger partial charge on any atom is 0.0618 e. The highest BCUT2D eigenvalue weighted by Crippen LogP contribution is 2.02. The molecule has 0 aliphatic carbocycles. The molecule has 0 radical (unpaired) electrons. The molecule has 0 saturated carbocycles. The molecule has 0 saturated heterocycles. The highest BCUT2D eigenvalue weighted by Gasteiger charge is 2.03. The molecule has 1 unspecified atom stereocenters. The van der Waals surface area contributed by atoms with Gasteiger partial charge in [0.15, 0.2) is 0 Å². The molecule has 44 valence electrons. The van der Waals surface area contributed by atoms with Crippen molar-refractivity contribution in [2.45, 2.75) is 13.0 Å². The van der Waals surface area contributed by atoms with Crippen LogP contribution in [0.15, 0.2) is 16.6 Å². The smallest absolute Gasteiger partial charge is 0.0618 e. The highest BCUT2D eigenvalue weighted by molar-refractivity contribution is 5.75. The van der Waals surface area contributed by atoms with Gasteiger partial charge in [-0.3, -0.25) is 4.99 Å². The van der Waals surface area contributed by atoms with Gasteiger partial charge >= 0.3 is 0 Å². The van der Waals surface area contributed by atoms with E-state index in [1.54, 1.807) is 6.21 Å². The Morgan fingerprint density at radius 3 is 2.88 bits per heavy atom. The van der Waals surface area contributed by atoms with Gasteiger partial charge in [-0.25, -0.2) is 0 Å². The van der Waals surface area contributed by atoms with Gasteiger partial charge in [0.1, 0.15) is 0 Å². The van der Waals surface area contributed by atoms with Crippen molar-refractivity contribution in [1.82, 2.24) is 0 Å². The summed E-state index contributed by atoms with van der Waals surface area (Å²) in [4.78, 5) is 3.99. The van der Waals surface area contributed by atoms with Crippen LogP contribution in [0.1, 0.15) is 6.92 Å². The number of aliphatic imine (C=N–C) groups is 1. The lowest BCUT2D eigenvalue weighted by Crippen LogP contribution is -2.18. The molecule has 1 aliphatic heterocycles. The van der Waals surface area contributed by atoms with Crippen molar-refractivity contribution in [2.24, 2.45) is 10.7 Å². The Hall–Kier alpha value is -0.630. The zero-order chi connectivity index (χ0) is 5.98. The van der Waals surface area contributed by atoms with Crippen LogP contribution in [-0.4, -0.2) is 18.8 Å². The second kappa shape index (κ2) is 2.09. The molecular weight excluding hydrogens is 100 g/mol. The van der Waals surface area contributed by atoms with E-state index in [2.05, 4.69) is 4.99 Å². The quantitative estimate of drug-likeness (QED) is 0.519. The van der Waals surface area contributed by atoms with Crippen LogP contribution < -0.4 is 5.73 Å². The summed E-state index contributed by atoms with van der Waals surface area (Å²) in [7, 11) is 0. The van der Waals surface area contributed by atoms with Gasteiger partial charge in [-0.1, -0.05) is 0 Å². The lowest BCUT2D eigenvalue weighted by Gasteiger charge is -2.02. The molecule has 0 aromatic carbocycles. The molecule has 0 spiro atoms. The van der Waals surface area contributed by atoms with Gasteiger partial charge in [0.25, 0.3) is 0 Å². The molecule has 0 aromatic heterocycles. The first-order valence-corrected chi connectivity index (χ1v) is 2.75. The minimum atomic E-state index is 0.178. The third kappa shape index (κ3) is 0.954. The highest BCUT2D eigenvalue weighted by atomic mass is 14.8. The molecule has 1 heterocycles. The fourth-order valence-electron chi connectivity index (χ4n) is 0.655. The summed E-state index contributed by atoms with van der Waals surface area (Å²) in [6, 6.07) is 0.178. The lowest BCUT2D eigenvalue weighted by molar-refractivity contribution is 0.841. The first-order chi connectivity index (χ1) is 3.80. The Morgan fingerprint density at radius 2 is 2.62 bits per heavy atom. The van der Waals surface area contributed by atoms with Crippen molar-refractivity contribution in [3.63, 3.8) is 0 Å². The first-order valence-electron chi connectivity index (χ1n) is 2.75. The van der Waals surface area contributed by atoms with Gasteiger partial charge in [0, 0.05) is 12.3 Å². The lowest BCUT2D eigenvalue weighted by atomic mass is 10.1. The third-order valence-corrected chi connectivity index (χ3v) is 1.25. The average molecular weight is 110 g/mol. The van der Waals surface area contributed by atoms with Crippen molar-refractivity contribution < 1.29 is 0 Å². The molecule has 0 bridgehead atoms. The largest absolute Gasteiger partial charge is 0.324 e. The Morgan fingerprint density at radius 1 is 1.88 bits per heavy atom. The summed E-state index contributed by atoms with van der Waals surface area (Å²) in [6.45, 7) is 2.78. The maximum atomic E-state index is 5.55. The predicted molar refractivity (Wildman–Crippen MR) is 35.1 cm³/mol. The molecule has 1 rings (SSSR count). The van der Waals surface area contributed by atoms with Crippen molar-refractivity contribution in [1.29, 1.82) is 0 Å². The van der Waals surface area contributed by atoms with E-state index in [0.29, 0.717) is 0 Å². The molecule has 2 nitrogen and oxygen atoms in total. The molecule has 0 amide bonds. The first kappa shape index (κ1) is 5.51. The van der Waals surface area contributed by atoms with Gasteiger partial charge in [0.2, 0.25) is 0 Å². The maximum absolute atomic E-state index is 5.55. The van der Waals surface area contributed by atoms with Crippen LogP contribution >= 0.6 is 0 Å². The fourth-order valence-corrected chi connectivity index (χ4v) is 0.655. The molecule has 8 heavy (non-hydrogen) atoms. The van der Waals surface area contributed by atoms with Crippen LogP contribution in [0.4, 0.5) is 0 Å². The Bertz CT molecular complexity index is 133. The molecule has 2 heteroatoms. The van der Waals surface area contributed by atoms with Crippen LogP contribution in [0, 0.1) is 0 Å².